The molecule has 0 aliphatic heterocycles. The second-order valence-corrected chi connectivity index (χ2v) is 4.81. The van der Waals surface area contributed by atoms with Crippen molar-refractivity contribution in [3.05, 3.63) is 29.6 Å². The molecule has 0 radical (unpaired) electrons. The van der Waals surface area contributed by atoms with Crippen LogP contribution in [0.15, 0.2) is 18.5 Å². The summed E-state index contributed by atoms with van der Waals surface area (Å²) in [6, 6.07) is 1.81. The molecule has 1 amide bonds. The first-order valence-corrected chi connectivity index (χ1v) is 5.88. The number of nitrogens with zero attached hydrogens (tertiary/aromatic N) is 1. The Labute approximate surface area is 104 Å². The molecule has 0 spiro atoms. The third-order valence-electron chi connectivity index (χ3n) is 1.97. The van der Waals surface area contributed by atoms with Crippen LogP contribution in [0, 0.1) is 6.92 Å². The van der Waals surface area contributed by atoms with E-state index >= 15 is 0 Å². The fourth-order valence-electron chi connectivity index (χ4n) is 1.22. The van der Waals surface area contributed by atoms with Crippen molar-refractivity contribution in [1.29, 1.82) is 0 Å². The van der Waals surface area contributed by atoms with Crippen molar-refractivity contribution in [3.8, 4) is 0 Å². The number of carbonyl (C=O) groups excluding carboxylic acids is 1. The second kappa shape index (κ2) is 6.60. The van der Waals surface area contributed by atoms with Crippen LogP contribution < -0.4 is 5.32 Å². The number of ether oxygens (including phenoxy) is 1. The average molecular weight is 287 g/mol. The number of carbonyl (C=O) groups is 1. The predicted octanol–water partition coefficient (Wildman–Crippen LogP) is 1.53. The molecular formula is C11H15BrN2O2. The Morgan fingerprint density at radius 1 is 1.62 bits per heavy atom. The second-order valence-electron chi connectivity index (χ2n) is 3.51. The van der Waals surface area contributed by atoms with Crippen LogP contribution in [-0.2, 0) is 4.74 Å². The lowest BCUT2D eigenvalue weighted by atomic mass is 10.2. The molecule has 0 aromatic carbocycles. The summed E-state index contributed by atoms with van der Waals surface area (Å²) in [5.41, 5.74) is 1.55. The molecule has 0 bridgehead atoms. The van der Waals surface area contributed by atoms with Crippen molar-refractivity contribution >= 4 is 21.8 Å². The summed E-state index contributed by atoms with van der Waals surface area (Å²) in [4.78, 5) is 15.8. The predicted molar refractivity (Wildman–Crippen MR) is 65.9 cm³/mol. The first-order chi connectivity index (χ1) is 7.63. The van der Waals surface area contributed by atoms with Gasteiger partial charge in [-0.1, -0.05) is 15.9 Å². The number of hydrogen-bond donors (Lipinski definition) is 1. The van der Waals surface area contributed by atoms with Gasteiger partial charge in [-0.2, -0.15) is 0 Å². The highest BCUT2D eigenvalue weighted by atomic mass is 79.9. The van der Waals surface area contributed by atoms with Gasteiger partial charge in [-0.25, -0.2) is 0 Å². The zero-order valence-electron chi connectivity index (χ0n) is 9.37. The minimum absolute atomic E-state index is 0.114. The van der Waals surface area contributed by atoms with Crippen LogP contribution in [0.5, 0.6) is 0 Å². The number of amides is 1. The van der Waals surface area contributed by atoms with Crippen molar-refractivity contribution in [3.63, 3.8) is 0 Å². The smallest absolute Gasteiger partial charge is 0.252 e. The number of rotatable bonds is 5. The van der Waals surface area contributed by atoms with Crippen molar-refractivity contribution in [1.82, 2.24) is 10.3 Å². The minimum atomic E-state index is -0.114. The quantitative estimate of drug-likeness (QED) is 0.836. The molecule has 0 aliphatic carbocycles. The SMILES string of the molecule is COCC(Br)CNC(=O)c1cncc(C)c1. The van der Waals surface area contributed by atoms with Crippen LogP contribution in [0.1, 0.15) is 15.9 Å². The maximum Gasteiger partial charge on any atom is 0.252 e. The Morgan fingerprint density at radius 3 is 3.00 bits per heavy atom. The summed E-state index contributed by atoms with van der Waals surface area (Å²) in [6.07, 6.45) is 3.27. The van der Waals surface area contributed by atoms with Crippen LogP contribution in [0.25, 0.3) is 0 Å². The number of nitrogens with one attached hydrogen (secondary N) is 1. The van der Waals surface area contributed by atoms with E-state index in [0.717, 1.165) is 5.56 Å². The number of aryl methyl sites for hydroxylation is 1. The highest BCUT2D eigenvalue weighted by Gasteiger charge is 2.08. The molecule has 16 heavy (non-hydrogen) atoms. The van der Waals surface area contributed by atoms with E-state index in [1.165, 1.54) is 0 Å². The van der Waals surface area contributed by atoms with Crippen molar-refractivity contribution in [2.75, 3.05) is 20.3 Å². The maximum absolute atomic E-state index is 11.7. The topological polar surface area (TPSA) is 51.2 Å². The maximum atomic E-state index is 11.7. The molecule has 0 saturated heterocycles. The van der Waals surface area contributed by atoms with Gasteiger partial charge in [0.25, 0.3) is 5.91 Å². The molecular weight excluding hydrogens is 272 g/mol. The van der Waals surface area contributed by atoms with E-state index in [2.05, 4.69) is 26.2 Å². The van der Waals surface area contributed by atoms with E-state index in [9.17, 15) is 4.79 Å². The fourth-order valence-corrected chi connectivity index (χ4v) is 1.65. The lowest BCUT2D eigenvalue weighted by Gasteiger charge is -2.10. The van der Waals surface area contributed by atoms with Gasteiger partial charge in [-0.3, -0.25) is 9.78 Å². The molecule has 0 saturated carbocycles. The summed E-state index contributed by atoms with van der Waals surface area (Å²) < 4.78 is 4.95. The van der Waals surface area contributed by atoms with Gasteiger partial charge in [0.15, 0.2) is 0 Å². The van der Waals surface area contributed by atoms with E-state index in [1.54, 1.807) is 19.5 Å². The van der Waals surface area contributed by atoms with E-state index in [1.807, 2.05) is 13.0 Å². The molecule has 1 rings (SSSR count). The highest BCUT2D eigenvalue weighted by molar-refractivity contribution is 9.09. The minimum Gasteiger partial charge on any atom is -0.383 e. The third kappa shape index (κ3) is 4.28. The Hall–Kier alpha value is -0.940. The summed E-state index contributed by atoms with van der Waals surface area (Å²) in [5, 5.41) is 2.80. The molecule has 1 heterocycles. The largest absolute Gasteiger partial charge is 0.383 e. The Balaban J connectivity index is 2.47. The summed E-state index contributed by atoms with van der Waals surface area (Å²) in [7, 11) is 1.63. The first-order valence-electron chi connectivity index (χ1n) is 4.96. The van der Waals surface area contributed by atoms with Crippen LogP contribution in [0.3, 0.4) is 0 Å². The van der Waals surface area contributed by atoms with Gasteiger partial charge in [-0.05, 0) is 18.6 Å². The molecule has 4 nitrogen and oxygen atoms in total. The van der Waals surface area contributed by atoms with Crippen molar-refractivity contribution < 1.29 is 9.53 Å². The van der Waals surface area contributed by atoms with Crippen LogP contribution in [-0.4, -0.2) is 36.0 Å². The summed E-state index contributed by atoms with van der Waals surface area (Å²) in [5.74, 6) is -0.114. The molecule has 0 fully saturated rings. The van der Waals surface area contributed by atoms with Gasteiger partial charge in [0.05, 0.1) is 17.0 Å². The lowest BCUT2D eigenvalue weighted by Crippen LogP contribution is -2.31. The number of aromatic nitrogens is 1. The van der Waals surface area contributed by atoms with Crippen LogP contribution >= 0.6 is 15.9 Å². The normalized spacial score (nSPS) is 12.2. The molecule has 1 unspecified atom stereocenters. The molecule has 1 aromatic rings. The number of methoxy groups -OCH3 is 1. The molecule has 5 heteroatoms. The number of hydrogen-bond acceptors (Lipinski definition) is 3. The Morgan fingerprint density at radius 2 is 2.38 bits per heavy atom. The highest BCUT2D eigenvalue weighted by Crippen LogP contribution is 2.02. The number of pyridine rings is 1. The lowest BCUT2D eigenvalue weighted by molar-refractivity contribution is 0.0949. The van der Waals surface area contributed by atoms with Gasteiger partial charge >= 0.3 is 0 Å². The summed E-state index contributed by atoms with van der Waals surface area (Å²) >= 11 is 3.40. The molecule has 1 aromatic heterocycles. The molecule has 1 atom stereocenters. The van der Waals surface area contributed by atoms with E-state index < -0.39 is 0 Å². The van der Waals surface area contributed by atoms with Gasteiger partial charge < -0.3 is 10.1 Å². The standard InChI is InChI=1S/C11H15BrN2O2/c1-8-3-9(5-13-4-8)11(15)14-6-10(12)7-16-2/h3-5,10H,6-7H2,1-2H3,(H,14,15). The van der Waals surface area contributed by atoms with Gasteiger partial charge in [0.1, 0.15) is 0 Å². The molecule has 1 N–H and O–H groups in total. The van der Waals surface area contributed by atoms with Gasteiger partial charge in [-0.15, -0.1) is 0 Å². The van der Waals surface area contributed by atoms with Crippen LogP contribution in [0.2, 0.25) is 0 Å². The molecule has 88 valence electrons. The van der Waals surface area contributed by atoms with E-state index in [4.69, 9.17) is 4.74 Å². The Bertz CT molecular complexity index is 358. The number of alkyl halides is 1. The first kappa shape index (κ1) is 13.1. The van der Waals surface area contributed by atoms with Gasteiger partial charge in [0, 0.05) is 26.0 Å². The number of halogens is 1. The van der Waals surface area contributed by atoms with Crippen LogP contribution in [0.4, 0.5) is 0 Å². The summed E-state index contributed by atoms with van der Waals surface area (Å²) in [6.45, 7) is 2.99. The van der Waals surface area contributed by atoms with E-state index in [0.29, 0.717) is 18.7 Å². The monoisotopic (exact) mass is 286 g/mol. The zero-order chi connectivity index (χ0) is 12.0. The zero-order valence-corrected chi connectivity index (χ0v) is 11.0. The fraction of sp³-hybridized carbons (Fsp3) is 0.455. The Kier molecular flexibility index (Phi) is 5.42. The molecule has 0 aliphatic rings. The van der Waals surface area contributed by atoms with Crippen molar-refractivity contribution in [2.24, 2.45) is 0 Å². The van der Waals surface area contributed by atoms with Crippen molar-refractivity contribution in [2.45, 2.75) is 11.8 Å². The average Bonchev–Trinajstić information content (AvgIpc) is 2.26. The van der Waals surface area contributed by atoms with E-state index in [-0.39, 0.29) is 10.7 Å². The van der Waals surface area contributed by atoms with Gasteiger partial charge in [0.2, 0.25) is 0 Å². The third-order valence-corrected chi connectivity index (χ3v) is 2.56.